The zero-order chi connectivity index (χ0) is 16.2. The van der Waals surface area contributed by atoms with Crippen LogP contribution in [0.4, 0.5) is 0 Å². The van der Waals surface area contributed by atoms with Crippen LogP contribution in [-0.4, -0.2) is 23.1 Å². The molecule has 2 heterocycles. The van der Waals surface area contributed by atoms with E-state index in [1.807, 2.05) is 29.2 Å². The highest BCUT2D eigenvalue weighted by Gasteiger charge is 2.21. The van der Waals surface area contributed by atoms with Gasteiger partial charge in [0.2, 0.25) is 5.91 Å². The number of benzene rings is 1. The molecule has 0 fully saturated rings. The predicted molar refractivity (Wildman–Crippen MR) is 92.8 cm³/mol. The molecule has 0 unspecified atom stereocenters. The van der Waals surface area contributed by atoms with Gasteiger partial charge in [-0.2, -0.15) is 0 Å². The minimum Gasteiger partial charge on any atom is -0.338 e. The molecular weight excluding hydrogens is 306 g/mol. The molecule has 2 aromatic rings. The molecule has 0 saturated carbocycles. The smallest absolute Gasteiger partial charge is 0.223 e. The van der Waals surface area contributed by atoms with E-state index in [0.29, 0.717) is 18.5 Å². The lowest BCUT2D eigenvalue weighted by Crippen LogP contribution is -2.35. The van der Waals surface area contributed by atoms with Gasteiger partial charge in [0.25, 0.3) is 0 Å². The molecule has 1 aliphatic heterocycles. The fourth-order valence-corrected chi connectivity index (χ4v) is 3.80. The first-order chi connectivity index (χ1) is 11.2. The number of carbonyl (C=O) groups excluding carboxylic acids is 2. The lowest BCUT2D eigenvalue weighted by Gasteiger charge is -2.27. The number of carbonyl (C=O) groups is 2. The second kappa shape index (κ2) is 7.09. The van der Waals surface area contributed by atoms with Crippen LogP contribution in [0.5, 0.6) is 0 Å². The molecule has 3 nitrogen and oxygen atoms in total. The summed E-state index contributed by atoms with van der Waals surface area (Å²) in [6.45, 7) is 3.55. The lowest BCUT2D eigenvalue weighted by molar-refractivity contribution is -0.132. The molecule has 4 heteroatoms. The van der Waals surface area contributed by atoms with Gasteiger partial charge in [0.1, 0.15) is 0 Å². The van der Waals surface area contributed by atoms with Crippen molar-refractivity contribution in [1.29, 1.82) is 0 Å². The number of amides is 1. The molecule has 120 valence electrons. The third kappa shape index (κ3) is 3.70. The summed E-state index contributed by atoms with van der Waals surface area (Å²) in [4.78, 5) is 27.8. The van der Waals surface area contributed by atoms with E-state index in [-0.39, 0.29) is 18.1 Å². The summed E-state index contributed by atoms with van der Waals surface area (Å²) in [6.07, 6.45) is 2.49. The average Bonchev–Trinajstić information content (AvgIpc) is 3.07. The molecule has 0 spiro atoms. The zero-order valence-corrected chi connectivity index (χ0v) is 14.2. The Bertz CT molecular complexity index is 702. The van der Waals surface area contributed by atoms with Gasteiger partial charge in [-0.3, -0.25) is 9.59 Å². The Kier molecular flexibility index (Phi) is 4.91. The first-order valence-corrected chi connectivity index (χ1v) is 9.00. The van der Waals surface area contributed by atoms with E-state index >= 15 is 0 Å². The van der Waals surface area contributed by atoms with E-state index in [0.717, 1.165) is 19.4 Å². The summed E-state index contributed by atoms with van der Waals surface area (Å²) in [5.41, 5.74) is 3.18. The Morgan fingerprint density at radius 2 is 1.91 bits per heavy atom. The van der Waals surface area contributed by atoms with Gasteiger partial charge in [0.15, 0.2) is 5.78 Å². The molecule has 0 radical (unpaired) electrons. The topological polar surface area (TPSA) is 37.4 Å². The molecule has 3 rings (SSSR count). The molecular formula is C19H21NO2S. The van der Waals surface area contributed by atoms with Crippen molar-refractivity contribution in [3.05, 3.63) is 57.3 Å². The maximum atomic E-state index is 12.3. The van der Waals surface area contributed by atoms with Crippen LogP contribution in [-0.2, 0) is 24.2 Å². The largest absolute Gasteiger partial charge is 0.338 e. The van der Waals surface area contributed by atoms with Crippen molar-refractivity contribution in [2.75, 3.05) is 6.54 Å². The van der Waals surface area contributed by atoms with Crippen LogP contribution in [0.25, 0.3) is 0 Å². The van der Waals surface area contributed by atoms with Crippen molar-refractivity contribution in [2.24, 2.45) is 0 Å². The van der Waals surface area contributed by atoms with Gasteiger partial charge in [-0.25, -0.2) is 0 Å². The van der Waals surface area contributed by atoms with E-state index in [4.69, 9.17) is 0 Å². The number of thiophene rings is 1. The minimum absolute atomic E-state index is 0.0502. The SMILES string of the molecule is CCc1ccc(C(=O)CCC(=O)N2CCc3sccc3C2)cc1. The number of rotatable bonds is 5. The Morgan fingerprint density at radius 1 is 1.13 bits per heavy atom. The number of hydrogen-bond donors (Lipinski definition) is 0. The molecule has 0 aliphatic carbocycles. The number of aryl methyl sites for hydroxylation is 1. The highest BCUT2D eigenvalue weighted by atomic mass is 32.1. The van der Waals surface area contributed by atoms with Crippen LogP contribution in [0, 0.1) is 0 Å². The molecule has 23 heavy (non-hydrogen) atoms. The molecule has 1 amide bonds. The van der Waals surface area contributed by atoms with Crippen molar-refractivity contribution in [3.63, 3.8) is 0 Å². The van der Waals surface area contributed by atoms with Gasteiger partial charge in [0, 0.05) is 36.4 Å². The van der Waals surface area contributed by atoms with E-state index in [1.54, 1.807) is 11.3 Å². The van der Waals surface area contributed by atoms with Gasteiger partial charge in [-0.05, 0) is 35.4 Å². The van der Waals surface area contributed by atoms with Crippen LogP contribution >= 0.6 is 11.3 Å². The van der Waals surface area contributed by atoms with E-state index < -0.39 is 0 Å². The van der Waals surface area contributed by atoms with Gasteiger partial charge in [-0.15, -0.1) is 11.3 Å². The highest BCUT2D eigenvalue weighted by molar-refractivity contribution is 7.10. The quantitative estimate of drug-likeness (QED) is 0.782. The Labute approximate surface area is 140 Å². The van der Waals surface area contributed by atoms with Gasteiger partial charge >= 0.3 is 0 Å². The maximum Gasteiger partial charge on any atom is 0.223 e. The fourth-order valence-electron chi connectivity index (χ4n) is 2.91. The summed E-state index contributed by atoms with van der Waals surface area (Å²) in [5, 5.41) is 2.09. The molecule has 1 aromatic carbocycles. The normalized spacial score (nSPS) is 13.7. The monoisotopic (exact) mass is 327 g/mol. The third-order valence-corrected chi connectivity index (χ3v) is 5.43. The maximum absolute atomic E-state index is 12.3. The Hall–Kier alpha value is -1.94. The minimum atomic E-state index is 0.0502. The second-order valence-corrected chi connectivity index (χ2v) is 6.91. The highest BCUT2D eigenvalue weighted by Crippen LogP contribution is 2.24. The number of fused-ring (bicyclic) bond motifs is 1. The first-order valence-electron chi connectivity index (χ1n) is 8.12. The summed E-state index contributed by atoms with van der Waals surface area (Å²) >= 11 is 1.77. The van der Waals surface area contributed by atoms with Crippen LogP contribution in [0.1, 0.15) is 46.1 Å². The molecule has 0 N–H and O–H groups in total. The van der Waals surface area contributed by atoms with Crippen LogP contribution in [0.15, 0.2) is 35.7 Å². The van der Waals surface area contributed by atoms with Gasteiger partial charge < -0.3 is 4.90 Å². The lowest BCUT2D eigenvalue weighted by atomic mass is 10.0. The molecule has 0 atom stereocenters. The predicted octanol–water partition coefficient (Wildman–Crippen LogP) is 3.86. The number of nitrogens with zero attached hydrogens (tertiary/aromatic N) is 1. The average molecular weight is 327 g/mol. The zero-order valence-electron chi connectivity index (χ0n) is 13.4. The summed E-state index contributed by atoms with van der Waals surface area (Å²) in [7, 11) is 0. The summed E-state index contributed by atoms with van der Waals surface area (Å²) < 4.78 is 0. The molecule has 1 aromatic heterocycles. The van der Waals surface area contributed by atoms with Crippen molar-refractivity contribution >= 4 is 23.0 Å². The molecule has 1 aliphatic rings. The van der Waals surface area contributed by atoms with Crippen molar-refractivity contribution in [1.82, 2.24) is 4.90 Å². The van der Waals surface area contributed by atoms with E-state index in [1.165, 1.54) is 16.0 Å². The number of hydrogen-bond acceptors (Lipinski definition) is 3. The number of ketones is 1. The second-order valence-electron chi connectivity index (χ2n) is 5.91. The number of Topliss-reactive ketones (excluding diaryl/α,β-unsaturated/α-hetero) is 1. The van der Waals surface area contributed by atoms with E-state index in [9.17, 15) is 9.59 Å². The van der Waals surface area contributed by atoms with Crippen molar-refractivity contribution in [3.8, 4) is 0 Å². The third-order valence-electron chi connectivity index (χ3n) is 4.41. The van der Waals surface area contributed by atoms with Crippen LogP contribution in [0.3, 0.4) is 0 Å². The fraction of sp³-hybridized carbons (Fsp3) is 0.368. The molecule has 0 saturated heterocycles. The van der Waals surface area contributed by atoms with Crippen molar-refractivity contribution < 1.29 is 9.59 Å². The van der Waals surface area contributed by atoms with Gasteiger partial charge in [0.05, 0.1) is 0 Å². The first kappa shape index (κ1) is 15.9. The summed E-state index contributed by atoms with van der Waals surface area (Å²) in [6, 6.07) is 9.80. The van der Waals surface area contributed by atoms with Crippen LogP contribution in [0.2, 0.25) is 0 Å². The van der Waals surface area contributed by atoms with Crippen molar-refractivity contribution in [2.45, 2.75) is 39.2 Å². The standard InChI is InChI=1S/C19H21NO2S/c1-2-14-3-5-15(6-4-14)17(21)7-8-19(22)20-11-9-18-16(13-20)10-12-23-18/h3-6,10,12H,2,7-9,11,13H2,1H3. The Balaban J connectivity index is 1.53. The van der Waals surface area contributed by atoms with Crippen LogP contribution < -0.4 is 0 Å². The molecule has 0 bridgehead atoms. The van der Waals surface area contributed by atoms with E-state index in [2.05, 4.69) is 18.4 Å². The summed E-state index contributed by atoms with van der Waals surface area (Å²) in [5.74, 6) is 0.134. The Morgan fingerprint density at radius 3 is 2.65 bits per heavy atom. The van der Waals surface area contributed by atoms with Gasteiger partial charge in [-0.1, -0.05) is 31.2 Å².